The van der Waals surface area contributed by atoms with Crippen molar-refractivity contribution in [3.63, 3.8) is 0 Å². The Morgan fingerprint density at radius 2 is 1.95 bits per heavy atom. The molecule has 0 saturated heterocycles. The molecule has 0 aliphatic heterocycles. The molecule has 0 atom stereocenters. The summed E-state index contributed by atoms with van der Waals surface area (Å²) in [7, 11) is 0. The van der Waals surface area contributed by atoms with Gasteiger partial charge in [-0.25, -0.2) is 4.39 Å². The summed E-state index contributed by atoms with van der Waals surface area (Å²) >= 11 is 3.10. The summed E-state index contributed by atoms with van der Waals surface area (Å²) in [5.74, 6) is 0.130. The normalized spacial score (nSPS) is 10.8. The van der Waals surface area contributed by atoms with E-state index in [9.17, 15) is 9.18 Å². The van der Waals surface area contributed by atoms with Gasteiger partial charge in [-0.2, -0.15) is 0 Å². The van der Waals surface area contributed by atoms with Crippen molar-refractivity contribution in [3.8, 4) is 0 Å². The van der Waals surface area contributed by atoms with E-state index in [4.69, 9.17) is 0 Å². The lowest BCUT2D eigenvalue weighted by atomic mass is 10.0. The molecule has 112 valence electrons. The van der Waals surface area contributed by atoms with Crippen LogP contribution in [0.3, 0.4) is 0 Å². The van der Waals surface area contributed by atoms with Gasteiger partial charge < -0.3 is 5.32 Å². The van der Waals surface area contributed by atoms with Crippen LogP contribution in [0.25, 0.3) is 0 Å². The molecule has 0 aromatic heterocycles. The van der Waals surface area contributed by atoms with E-state index in [1.54, 1.807) is 12.1 Å². The summed E-state index contributed by atoms with van der Waals surface area (Å²) in [5, 5.41) is 2.83. The van der Waals surface area contributed by atoms with Crippen molar-refractivity contribution in [2.24, 2.45) is 5.92 Å². The van der Waals surface area contributed by atoms with Crippen LogP contribution in [0.5, 0.6) is 0 Å². The molecule has 0 spiro atoms. The van der Waals surface area contributed by atoms with Crippen LogP contribution in [0.15, 0.2) is 22.7 Å². The van der Waals surface area contributed by atoms with Gasteiger partial charge in [0.2, 0.25) is 0 Å². The molecule has 0 saturated carbocycles. The molecule has 1 rings (SSSR count). The first-order chi connectivity index (χ1) is 9.52. The smallest absolute Gasteiger partial charge is 0.252 e. The highest BCUT2D eigenvalue weighted by Gasteiger charge is 2.12. The molecule has 0 unspecified atom stereocenters. The number of carbonyl (C=O) groups is 1. The molecule has 1 N–H and O–H groups in total. The van der Waals surface area contributed by atoms with Crippen LogP contribution in [0.1, 0.15) is 56.3 Å². The minimum atomic E-state index is -0.411. The van der Waals surface area contributed by atoms with Gasteiger partial charge in [-0.1, -0.05) is 45.6 Å². The first-order valence-corrected chi connectivity index (χ1v) is 8.04. The molecule has 4 heteroatoms. The number of nitrogens with one attached hydrogen (secondary N) is 1. The summed E-state index contributed by atoms with van der Waals surface area (Å²) < 4.78 is 13.5. The third kappa shape index (κ3) is 6.04. The highest BCUT2D eigenvalue weighted by Crippen LogP contribution is 2.20. The Balaban J connectivity index is 2.22. The fraction of sp³-hybridized carbons (Fsp3) is 0.562. The number of rotatable bonds is 8. The number of amides is 1. The van der Waals surface area contributed by atoms with E-state index < -0.39 is 5.82 Å². The quantitative estimate of drug-likeness (QED) is 0.666. The summed E-state index contributed by atoms with van der Waals surface area (Å²) in [6, 6.07) is 4.49. The van der Waals surface area contributed by atoms with Crippen LogP contribution in [0, 0.1) is 11.7 Å². The minimum Gasteiger partial charge on any atom is -0.352 e. The fourth-order valence-corrected chi connectivity index (χ4v) is 2.45. The molecule has 0 heterocycles. The summed E-state index contributed by atoms with van der Waals surface area (Å²) in [6.07, 6.45) is 5.81. The first-order valence-electron chi connectivity index (χ1n) is 7.24. The Bertz CT molecular complexity index is 434. The number of halogens is 2. The van der Waals surface area contributed by atoms with E-state index in [0.717, 1.165) is 18.8 Å². The van der Waals surface area contributed by atoms with Crippen molar-refractivity contribution in [1.29, 1.82) is 0 Å². The highest BCUT2D eigenvalue weighted by molar-refractivity contribution is 9.10. The Kier molecular flexibility index (Phi) is 7.82. The second-order valence-electron chi connectivity index (χ2n) is 5.45. The lowest BCUT2D eigenvalue weighted by Gasteiger charge is -2.08. The van der Waals surface area contributed by atoms with E-state index in [1.807, 2.05) is 0 Å². The molecule has 2 nitrogen and oxygen atoms in total. The SMILES string of the molecule is CC(C)CCCCCCNC(=O)c1cccc(F)c1Br. The van der Waals surface area contributed by atoms with Crippen molar-refractivity contribution in [1.82, 2.24) is 5.32 Å². The van der Waals surface area contributed by atoms with Crippen molar-refractivity contribution >= 4 is 21.8 Å². The molecule has 0 radical (unpaired) electrons. The van der Waals surface area contributed by atoms with Gasteiger partial charge in [-0.15, -0.1) is 0 Å². The first kappa shape index (κ1) is 17.2. The molecular weight excluding hydrogens is 321 g/mol. The van der Waals surface area contributed by atoms with Gasteiger partial charge in [-0.3, -0.25) is 4.79 Å². The predicted molar refractivity (Wildman–Crippen MR) is 84.4 cm³/mol. The number of carbonyl (C=O) groups excluding carboxylic acids is 1. The van der Waals surface area contributed by atoms with Crippen LogP contribution >= 0.6 is 15.9 Å². The largest absolute Gasteiger partial charge is 0.352 e. The van der Waals surface area contributed by atoms with E-state index in [2.05, 4.69) is 35.1 Å². The summed E-state index contributed by atoms with van der Waals surface area (Å²) in [4.78, 5) is 11.9. The Morgan fingerprint density at radius 3 is 2.65 bits per heavy atom. The molecule has 1 aromatic rings. The molecular formula is C16H23BrFNO. The number of unbranched alkanes of at least 4 members (excludes halogenated alkanes) is 3. The third-order valence-electron chi connectivity index (χ3n) is 3.19. The maximum Gasteiger partial charge on any atom is 0.252 e. The average Bonchev–Trinajstić information content (AvgIpc) is 2.40. The van der Waals surface area contributed by atoms with Gasteiger partial charge in [0.05, 0.1) is 10.0 Å². The fourth-order valence-electron chi connectivity index (χ4n) is 2.01. The lowest BCUT2D eigenvalue weighted by Crippen LogP contribution is -2.25. The molecule has 0 aliphatic carbocycles. The zero-order valence-corrected chi connectivity index (χ0v) is 13.8. The topological polar surface area (TPSA) is 29.1 Å². The zero-order valence-electron chi connectivity index (χ0n) is 12.2. The van der Waals surface area contributed by atoms with Gasteiger partial charge in [-0.05, 0) is 40.4 Å². The van der Waals surface area contributed by atoms with Crippen LogP contribution < -0.4 is 5.32 Å². The second-order valence-corrected chi connectivity index (χ2v) is 6.25. The van der Waals surface area contributed by atoms with E-state index >= 15 is 0 Å². The van der Waals surface area contributed by atoms with E-state index in [0.29, 0.717) is 12.1 Å². The van der Waals surface area contributed by atoms with Crippen molar-refractivity contribution < 1.29 is 9.18 Å². The number of hydrogen-bond acceptors (Lipinski definition) is 1. The van der Waals surface area contributed by atoms with Crippen LogP contribution in [-0.4, -0.2) is 12.5 Å². The maximum atomic E-state index is 13.3. The van der Waals surface area contributed by atoms with Crippen LogP contribution in [0.2, 0.25) is 0 Å². The van der Waals surface area contributed by atoms with Crippen LogP contribution in [0.4, 0.5) is 4.39 Å². The zero-order chi connectivity index (χ0) is 15.0. The Morgan fingerprint density at radius 1 is 1.25 bits per heavy atom. The van der Waals surface area contributed by atoms with Gasteiger partial charge >= 0.3 is 0 Å². The monoisotopic (exact) mass is 343 g/mol. The van der Waals surface area contributed by atoms with E-state index in [1.165, 1.54) is 25.3 Å². The van der Waals surface area contributed by atoms with Gasteiger partial charge in [0, 0.05) is 6.54 Å². The predicted octanol–water partition coefficient (Wildman–Crippen LogP) is 4.92. The van der Waals surface area contributed by atoms with Gasteiger partial charge in [0.25, 0.3) is 5.91 Å². The summed E-state index contributed by atoms with van der Waals surface area (Å²) in [6.45, 7) is 5.11. The number of hydrogen-bond donors (Lipinski definition) is 1. The van der Waals surface area contributed by atoms with Crippen molar-refractivity contribution in [3.05, 3.63) is 34.1 Å². The molecule has 1 amide bonds. The third-order valence-corrected chi connectivity index (χ3v) is 4.00. The molecule has 0 fully saturated rings. The standard InChI is InChI=1S/C16H23BrFNO/c1-12(2)8-5-3-4-6-11-19-16(20)13-9-7-10-14(18)15(13)17/h7,9-10,12H,3-6,8,11H2,1-2H3,(H,19,20). The Hall–Kier alpha value is -0.900. The van der Waals surface area contributed by atoms with E-state index in [-0.39, 0.29) is 10.4 Å². The lowest BCUT2D eigenvalue weighted by molar-refractivity contribution is 0.0951. The summed E-state index contributed by atoms with van der Waals surface area (Å²) in [5.41, 5.74) is 0.352. The van der Waals surface area contributed by atoms with Gasteiger partial charge in [0.1, 0.15) is 5.82 Å². The van der Waals surface area contributed by atoms with Crippen LogP contribution in [-0.2, 0) is 0 Å². The molecule has 1 aromatic carbocycles. The van der Waals surface area contributed by atoms with Crippen molar-refractivity contribution in [2.75, 3.05) is 6.54 Å². The maximum absolute atomic E-state index is 13.3. The average molecular weight is 344 g/mol. The molecule has 20 heavy (non-hydrogen) atoms. The minimum absolute atomic E-state index is 0.224. The van der Waals surface area contributed by atoms with Gasteiger partial charge in [0.15, 0.2) is 0 Å². The highest BCUT2D eigenvalue weighted by atomic mass is 79.9. The van der Waals surface area contributed by atoms with Crippen molar-refractivity contribution in [2.45, 2.75) is 46.0 Å². The second kappa shape index (κ2) is 9.11. The Labute approximate surface area is 129 Å². The molecule has 0 bridgehead atoms. The molecule has 0 aliphatic rings. The number of benzene rings is 1.